The average Bonchev–Trinajstić information content (AvgIpc) is 2.46. The smallest absolute Gasteiger partial charge is 0.283 e. The van der Waals surface area contributed by atoms with Gasteiger partial charge in [-0.3, -0.25) is 14.9 Å². The lowest BCUT2D eigenvalue weighted by atomic mass is 10.0. The van der Waals surface area contributed by atoms with E-state index in [1.54, 1.807) is 11.9 Å². The van der Waals surface area contributed by atoms with E-state index in [1.165, 1.54) is 18.2 Å². The molecule has 1 N–H and O–H groups in total. The Labute approximate surface area is 121 Å². The molecule has 1 fully saturated rings. The van der Waals surface area contributed by atoms with E-state index in [4.69, 9.17) is 11.6 Å². The van der Waals surface area contributed by atoms with E-state index < -0.39 is 10.8 Å². The number of piperidine rings is 1. The molecule has 0 unspecified atom stereocenters. The summed E-state index contributed by atoms with van der Waals surface area (Å²) in [6.07, 6.45) is 1.67. The van der Waals surface area contributed by atoms with Crippen LogP contribution < -0.4 is 5.32 Å². The molecule has 1 aliphatic rings. The topological polar surface area (TPSA) is 75.5 Å². The number of hydrogen-bond donors (Lipinski definition) is 1. The van der Waals surface area contributed by atoms with Gasteiger partial charge in [0.25, 0.3) is 11.6 Å². The minimum atomic E-state index is -0.574. The number of hydrogen-bond acceptors (Lipinski definition) is 4. The van der Waals surface area contributed by atoms with Crippen LogP contribution in [-0.2, 0) is 0 Å². The van der Waals surface area contributed by atoms with Crippen LogP contribution in [0.5, 0.6) is 0 Å². The number of nitro benzene ring substituents is 1. The van der Waals surface area contributed by atoms with Crippen molar-refractivity contribution in [1.29, 1.82) is 0 Å². The molecule has 1 saturated heterocycles. The van der Waals surface area contributed by atoms with Gasteiger partial charge < -0.3 is 10.2 Å². The summed E-state index contributed by atoms with van der Waals surface area (Å²) in [6, 6.07) is 4.36. The van der Waals surface area contributed by atoms with Crippen molar-refractivity contribution < 1.29 is 9.72 Å². The molecular formula is C13H16ClN3O3. The number of nitro groups is 1. The van der Waals surface area contributed by atoms with E-state index in [0.717, 1.165) is 25.9 Å². The second kappa shape index (κ2) is 6.19. The van der Waals surface area contributed by atoms with E-state index in [0.29, 0.717) is 0 Å². The molecule has 0 saturated carbocycles. The number of amides is 1. The van der Waals surface area contributed by atoms with Crippen LogP contribution in [0.4, 0.5) is 5.69 Å². The minimum Gasteiger partial charge on any atom is -0.338 e. The van der Waals surface area contributed by atoms with Crippen LogP contribution >= 0.6 is 11.6 Å². The van der Waals surface area contributed by atoms with Crippen LogP contribution in [0.15, 0.2) is 18.2 Å². The van der Waals surface area contributed by atoms with Crippen LogP contribution in [0, 0.1) is 10.1 Å². The quantitative estimate of drug-likeness (QED) is 0.684. The van der Waals surface area contributed by atoms with Crippen LogP contribution in [0.3, 0.4) is 0 Å². The van der Waals surface area contributed by atoms with Crippen LogP contribution in [-0.4, -0.2) is 41.9 Å². The van der Waals surface area contributed by atoms with Crippen molar-refractivity contribution in [3.05, 3.63) is 38.9 Å². The number of nitrogens with zero attached hydrogens (tertiary/aromatic N) is 2. The molecule has 1 aliphatic heterocycles. The SMILES string of the molecule is CN(C(=O)c1c(Cl)cccc1[N+](=O)[O-])C1CCNCC1. The third kappa shape index (κ3) is 2.91. The maximum absolute atomic E-state index is 12.5. The monoisotopic (exact) mass is 297 g/mol. The lowest BCUT2D eigenvalue weighted by Crippen LogP contribution is -2.44. The molecule has 1 aromatic rings. The van der Waals surface area contributed by atoms with Crippen molar-refractivity contribution in [1.82, 2.24) is 10.2 Å². The van der Waals surface area contributed by atoms with Gasteiger partial charge in [0, 0.05) is 19.2 Å². The Morgan fingerprint density at radius 2 is 2.10 bits per heavy atom. The number of nitrogens with one attached hydrogen (secondary N) is 1. The zero-order valence-electron chi connectivity index (χ0n) is 11.1. The van der Waals surface area contributed by atoms with Crippen molar-refractivity contribution in [2.24, 2.45) is 0 Å². The highest BCUT2D eigenvalue weighted by Crippen LogP contribution is 2.28. The summed E-state index contributed by atoms with van der Waals surface area (Å²) in [7, 11) is 1.67. The van der Waals surface area contributed by atoms with Crippen LogP contribution in [0.2, 0.25) is 5.02 Å². The summed E-state index contributed by atoms with van der Waals surface area (Å²) in [5.41, 5.74) is -0.275. The molecule has 0 aromatic heterocycles. The van der Waals surface area contributed by atoms with Gasteiger partial charge in [-0.1, -0.05) is 17.7 Å². The van der Waals surface area contributed by atoms with Crippen molar-refractivity contribution in [2.45, 2.75) is 18.9 Å². The third-order valence-electron chi connectivity index (χ3n) is 3.58. The lowest BCUT2D eigenvalue weighted by Gasteiger charge is -2.31. The zero-order chi connectivity index (χ0) is 14.7. The Hall–Kier alpha value is -1.66. The highest BCUT2D eigenvalue weighted by Gasteiger charge is 2.29. The Bertz CT molecular complexity index is 530. The van der Waals surface area contributed by atoms with E-state index in [-0.39, 0.29) is 22.3 Å². The molecule has 1 aromatic carbocycles. The Balaban J connectivity index is 2.30. The first kappa shape index (κ1) is 14.7. The standard InChI is InChI=1S/C13H16ClN3O3/c1-16(9-5-7-15-8-6-9)13(18)12-10(14)3-2-4-11(12)17(19)20/h2-4,9,15H,5-8H2,1H3. The van der Waals surface area contributed by atoms with Crippen LogP contribution in [0.1, 0.15) is 23.2 Å². The highest BCUT2D eigenvalue weighted by atomic mass is 35.5. The highest BCUT2D eigenvalue weighted by molar-refractivity contribution is 6.34. The fraction of sp³-hybridized carbons (Fsp3) is 0.462. The fourth-order valence-electron chi connectivity index (χ4n) is 2.41. The maximum atomic E-state index is 12.5. The molecule has 1 amide bonds. The summed E-state index contributed by atoms with van der Waals surface area (Å²) in [6.45, 7) is 1.68. The second-order valence-corrected chi connectivity index (χ2v) is 5.20. The molecule has 108 valence electrons. The summed E-state index contributed by atoms with van der Waals surface area (Å²) in [4.78, 5) is 24.5. The molecule has 0 bridgehead atoms. The zero-order valence-corrected chi connectivity index (χ0v) is 11.9. The van der Waals surface area contributed by atoms with Crippen molar-refractivity contribution in [2.75, 3.05) is 20.1 Å². The Morgan fingerprint density at radius 3 is 2.70 bits per heavy atom. The third-order valence-corrected chi connectivity index (χ3v) is 3.89. The van der Waals surface area contributed by atoms with Gasteiger partial charge in [0.15, 0.2) is 0 Å². The van der Waals surface area contributed by atoms with Crippen LogP contribution in [0.25, 0.3) is 0 Å². The van der Waals surface area contributed by atoms with Gasteiger partial charge in [-0.15, -0.1) is 0 Å². The van der Waals surface area contributed by atoms with Crippen molar-refractivity contribution in [3.8, 4) is 0 Å². The molecule has 1 heterocycles. The first-order chi connectivity index (χ1) is 9.52. The average molecular weight is 298 g/mol. The molecule has 0 atom stereocenters. The summed E-state index contributed by atoms with van der Waals surface area (Å²) >= 11 is 5.99. The number of carbonyl (C=O) groups is 1. The Morgan fingerprint density at radius 1 is 1.45 bits per heavy atom. The fourth-order valence-corrected chi connectivity index (χ4v) is 2.66. The van der Waals surface area contributed by atoms with Gasteiger partial charge in [-0.2, -0.15) is 0 Å². The van der Waals surface area contributed by atoms with Crippen molar-refractivity contribution in [3.63, 3.8) is 0 Å². The van der Waals surface area contributed by atoms with Gasteiger partial charge in [0.1, 0.15) is 5.56 Å². The maximum Gasteiger partial charge on any atom is 0.283 e. The number of rotatable bonds is 3. The minimum absolute atomic E-state index is 0.0276. The predicted octanol–water partition coefficient (Wildman–Crippen LogP) is 2.07. The van der Waals surface area contributed by atoms with Gasteiger partial charge in [-0.25, -0.2) is 0 Å². The van der Waals surface area contributed by atoms with Gasteiger partial charge in [-0.05, 0) is 32.0 Å². The summed E-state index contributed by atoms with van der Waals surface area (Å²) in [5.74, 6) is -0.394. The van der Waals surface area contributed by atoms with E-state index in [9.17, 15) is 14.9 Å². The number of benzene rings is 1. The van der Waals surface area contributed by atoms with Gasteiger partial charge >= 0.3 is 0 Å². The van der Waals surface area contributed by atoms with Gasteiger partial charge in [0.2, 0.25) is 0 Å². The van der Waals surface area contributed by atoms with Gasteiger partial charge in [0.05, 0.1) is 9.95 Å². The molecule has 20 heavy (non-hydrogen) atoms. The first-order valence-corrected chi connectivity index (χ1v) is 6.81. The van der Waals surface area contributed by atoms with Crippen molar-refractivity contribution >= 4 is 23.2 Å². The summed E-state index contributed by atoms with van der Waals surface area (Å²) in [5, 5.41) is 14.4. The molecule has 2 rings (SSSR count). The molecule has 6 nitrogen and oxygen atoms in total. The number of carbonyl (C=O) groups excluding carboxylic acids is 1. The lowest BCUT2D eigenvalue weighted by molar-refractivity contribution is -0.385. The molecular weight excluding hydrogens is 282 g/mol. The molecule has 0 aliphatic carbocycles. The molecule has 7 heteroatoms. The van der Waals surface area contributed by atoms with E-state index in [1.807, 2.05) is 0 Å². The molecule has 0 spiro atoms. The molecule has 0 radical (unpaired) electrons. The predicted molar refractivity (Wildman–Crippen MR) is 76.1 cm³/mol. The normalized spacial score (nSPS) is 15.9. The largest absolute Gasteiger partial charge is 0.338 e. The second-order valence-electron chi connectivity index (χ2n) is 4.79. The Kier molecular flexibility index (Phi) is 4.57. The van der Waals surface area contributed by atoms with E-state index >= 15 is 0 Å². The van der Waals surface area contributed by atoms with E-state index in [2.05, 4.69) is 5.32 Å². The first-order valence-electron chi connectivity index (χ1n) is 6.43. The summed E-state index contributed by atoms with van der Waals surface area (Å²) < 4.78 is 0. The number of halogens is 1.